The number of ketones is 2. The number of alkyl halides is 2. The summed E-state index contributed by atoms with van der Waals surface area (Å²) in [5.74, 6) is 1.24. The van der Waals surface area contributed by atoms with E-state index in [-0.39, 0.29) is 59.4 Å². The standard InChI is InChI=1S/C26H34ClN3O.C18H23ClN2O2.C12H12O4.C9H10O.Na/c1-18-23(25(31)28-26-15-19-12-20(16-26)14-21(13-19)17-26)29-30(11-7-3-6-10-27)24(18)22-8-4-2-5-9-22;1-3-23-18(22)16-14(2)17(15-10-6-4-7-11-15)21(20-16)13-9-5-8-12-19;1-2-16-12(15)11(14)8-10(13)9-6-4-3-5-7-9;1-2-9(10)8-6-4-3-5-7-8;/h2,4-5,8-9,19-21H,3,6-7,10-17H2,1H3,(H,28,31);4,6-7,10-11H,3,5,8-9,12-13H2,1-2H3;3-8,13H,2H2,1H3;3-7H,2H2,1H3;/q;;;;+1/p-1/b;;10-8-;;. The van der Waals surface area contributed by atoms with E-state index in [0.29, 0.717) is 41.7 Å². The number of hydrogen-bond donors (Lipinski definition) is 1. The van der Waals surface area contributed by atoms with Crippen molar-refractivity contribution in [1.82, 2.24) is 24.9 Å². The molecule has 0 aliphatic heterocycles. The molecule has 4 fully saturated rings. The molecule has 0 radical (unpaired) electrons. The van der Waals surface area contributed by atoms with Gasteiger partial charge in [-0.3, -0.25) is 23.7 Å². The molecule has 6 aromatic rings. The van der Waals surface area contributed by atoms with Crippen LogP contribution >= 0.6 is 23.2 Å². The number of benzene rings is 4. The van der Waals surface area contributed by atoms with Crippen LogP contribution in [0.5, 0.6) is 0 Å². The first-order valence-electron chi connectivity index (χ1n) is 28.4. The Morgan fingerprint density at radius 2 is 1.02 bits per heavy atom. The second-order valence-corrected chi connectivity index (χ2v) is 21.6. The Bertz CT molecular complexity index is 2930. The molecule has 81 heavy (non-hydrogen) atoms. The van der Waals surface area contributed by atoms with Gasteiger partial charge in [0.1, 0.15) is 0 Å². The number of carbonyl (C=O) groups excluding carboxylic acids is 5. The van der Waals surface area contributed by atoms with Crippen LogP contribution in [0.4, 0.5) is 0 Å². The number of nitrogens with one attached hydrogen (secondary N) is 1. The second-order valence-electron chi connectivity index (χ2n) is 20.8. The average Bonchev–Trinajstić information content (AvgIpc) is 3.99. The molecular weight excluding hydrogens is 1070 g/mol. The molecule has 4 aromatic carbocycles. The second kappa shape index (κ2) is 33.9. The van der Waals surface area contributed by atoms with Gasteiger partial charge in [0.05, 0.1) is 24.6 Å². The zero-order chi connectivity index (χ0) is 57.4. The molecule has 0 unspecified atom stereocenters. The summed E-state index contributed by atoms with van der Waals surface area (Å²) in [6.07, 6.45) is 15.1. The molecule has 2 heterocycles. The molecular formula is C65H78Cl2N5NaO8. The number of aromatic nitrogens is 4. The van der Waals surface area contributed by atoms with E-state index >= 15 is 0 Å². The molecule has 16 heteroatoms. The first-order chi connectivity index (χ1) is 38.7. The number of nitrogens with zero attached hydrogens (tertiary/aromatic N) is 4. The van der Waals surface area contributed by atoms with Crippen molar-refractivity contribution in [2.75, 3.05) is 25.0 Å². The maximum atomic E-state index is 13.5. The van der Waals surface area contributed by atoms with Crippen molar-refractivity contribution in [3.63, 3.8) is 0 Å². The molecule has 4 aliphatic carbocycles. The van der Waals surface area contributed by atoms with E-state index in [1.807, 2.05) is 89.9 Å². The monoisotopic (exact) mass is 1150 g/mol. The van der Waals surface area contributed by atoms with Gasteiger partial charge in [0.2, 0.25) is 0 Å². The van der Waals surface area contributed by atoms with Crippen LogP contribution in [0, 0.1) is 31.6 Å². The largest absolute Gasteiger partial charge is 1.00 e. The number of Topliss-reactive ketones (excluding diaryl/α,β-unsaturated/α-hetero) is 1. The van der Waals surface area contributed by atoms with Crippen LogP contribution in [-0.2, 0) is 32.2 Å². The smallest absolute Gasteiger partial charge is 0.872 e. The van der Waals surface area contributed by atoms with Gasteiger partial charge in [0.15, 0.2) is 17.2 Å². The maximum absolute atomic E-state index is 13.5. The van der Waals surface area contributed by atoms with E-state index in [1.165, 1.54) is 19.3 Å². The number of hydrogen-bond acceptors (Lipinski definition) is 10. The third-order valence-corrected chi connectivity index (χ3v) is 15.3. The van der Waals surface area contributed by atoms with Gasteiger partial charge in [-0.15, -0.1) is 23.2 Å². The zero-order valence-electron chi connectivity index (χ0n) is 48.1. The Morgan fingerprint density at radius 3 is 1.46 bits per heavy atom. The minimum atomic E-state index is -1.01. The molecule has 1 amide bonds. The summed E-state index contributed by atoms with van der Waals surface area (Å²) in [4.78, 5) is 58.8. The summed E-state index contributed by atoms with van der Waals surface area (Å²) in [6.45, 7) is 11.3. The summed E-state index contributed by atoms with van der Waals surface area (Å²) < 4.78 is 13.6. The van der Waals surface area contributed by atoms with Gasteiger partial charge in [0, 0.05) is 64.6 Å². The molecule has 1 N–H and O–H groups in total. The predicted octanol–water partition coefficient (Wildman–Crippen LogP) is 10.2. The predicted molar refractivity (Wildman–Crippen MR) is 315 cm³/mol. The topological polar surface area (TPSA) is 175 Å². The maximum Gasteiger partial charge on any atom is 1.00 e. The van der Waals surface area contributed by atoms with Crippen molar-refractivity contribution in [2.24, 2.45) is 17.8 Å². The quantitative estimate of drug-likeness (QED) is 0.0101. The van der Waals surface area contributed by atoms with Crippen LogP contribution in [0.25, 0.3) is 28.3 Å². The Labute approximate surface area is 510 Å². The van der Waals surface area contributed by atoms with Crippen LogP contribution < -0.4 is 40.0 Å². The molecule has 10 rings (SSSR count). The van der Waals surface area contributed by atoms with Gasteiger partial charge in [-0.1, -0.05) is 147 Å². The number of unbranched alkanes of at least 4 members (excludes halogenated alkanes) is 4. The number of amides is 1. The first-order valence-corrected chi connectivity index (χ1v) is 29.4. The molecule has 13 nitrogen and oxygen atoms in total. The van der Waals surface area contributed by atoms with Crippen molar-refractivity contribution in [2.45, 2.75) is 137 Å². The number of ether oxygens (including phenoxy) is 2. The molecule has 0 spiro atoms. The van der Waals surface area contributed by atoms with E-state index in [9.17, 15) is 29.1 Å². The average molecular weight is 1150 g/mol. The molecule has 4 saturated carbocycles. The Kier molecular flexibility index (Phi) is 27.6. The number of aryl methyl sites for hydroxylation is 2. The number of carbonyl (C=O) groups is 5. The number of esters is 2. The fourth-order valence-electron chi connectivity index (χ4n) is 11.5. The normalized spacial score (nSPS) is 17.4. The van der Waals surface area contributed by atoms with Crippen LogP contribution in [-0.4, -0.2) is 79.5 Å². The molecule has 4 aliphatic rings. The van der Waals surface area contributed by atoms with E-state index in [1.54, 1.807) is 44.2 Å². The van der Waals surface area contributed by atoms with Gasteiger partial charge < -0.3 is 19.9 Å². The molecule has 0 saturated heterocycles. The Hall–Kier alpha value is -5.83. The van der Waals surface area contributed by atoms with E-state index in [2.05, 4.69) is 46.3 Å². The van der Waals surface area contributed by atoms with Gasteiger partial charge in [-0.05, 0) is 121 Å². The summed E-state index contributed by atoms with van der Waals surface area (Å²) in [6, 6.07) is 38.0. The summed E-state index contributed by atoms with van der Waals surface area (Å²) in [5.41, 5.74) is 8.29. The number of rotatable bonds is 22. The zero-order valence-corrected chi connectivity index (χ0v) is 51.6. The molecule has 2 aromatic heterocycles. The Balaban J connectivity index is 0.000000213. The summed E-state index contributed by atoms with van der Waals surface area (Å²) in [5, 5.41) is 24.4. The van der Waals surface area contributed by atoms with E-state index in [4.69, 9.17) is 33.0 Å². The minimum Gasteiger partial charge on any atom is -0.872 e. The van der Waals surface area contributed by atoms with Crippen molar-refractivity contribution in [3.05, 3.63) is 161 Å². The van der Waals surface area contributed by atoms with Crippen LogP contribution in [0.2, 0.25) is 0 Å². The molecule has 0 atom stereocenters. The fraction of sp³-hybridized carbons (Fsp3) is 0.431. The van der Waals surface area contributed by atoms with E-state index in [0.717, 1.165) is 134 Å². The van der Waals surface area contributed by atoms with Crippen LogP contribution in [0.3, 0.4) is 0 Å². The summed E-state index contributed by atoms with van der Waals surface area (Å²) >= 11 is 11.6. The van der Waals surface area contributed by atoms with Crippen molar-refractivity contribution < 1.29 is 68.1 Å². The van der Waals surface area contributed by atoms with Gasteiger partial charge in [-0.2, -0.15) is 10.2 Å². The van der Waals surface area contributed by atoms with Gasteiger partial charge >= 0.3 is 41.5 Å². The van der Waals surface area contributed by atoms with Crippen molar-refractivity contribution in [3.8, 4) is 22.5 Å². The molecule has 426 valence electrons. The fourth-order valence-corrected chi connectivity index (χ4v) is 11.9. The summed E-state index contributed by atoms with van der Waals surface area (Å²) in [7, 11) is 0. The van der Waals surface area contributed by atoms with Crippen molar-refractivity contribution in [1.29, 1.82) is 0 Å². The van der Waals surface area contributed by atoms with Crippen LogP contribution in [0.15, 0.2) is 127 Å². The third kappa shape index (κ3) is 19.1. The Morgan fingerprint density at radius 1 is 0.605 bits per heavy atom. The third-order valence-electron chi connectivity index (χ3n) is 14.8. The van der Waals surface area contributed by atoms with Gasteiger partial charge in [-0.25, -0.2) is 9.59 Å². The van der Waals surface area contributed by atoms with Gasteiger partial charge in [0.25, 0.3) is 11.7 Å². The molecule has 4 bridgehead atoms. The van der Waals surface area contributed by atoms with E-state index < -0.39 is 17.5 Å². The van der Waals surface area contributed by atoms with Crippen LogP contribution in [0.1, 0.15) is 152 Å². The minimum absolute atomic E-state index is 0. The first kappa shape index (κ1) is 66.0. The van der Waals surface area contributed by atoms with Crippen molar-refractivity contribution >= 4 is 58.4 Å². The SMILES string of the molecule is CCC(=O)c1ccccc1.CCOC(=O)C(=O)/C=C(\[O-])c1ccccc1.CCOC(=O)c1nn(CCCCCCl)c(-c2ccccc2)c1C.Cc1c(C(=O)NC23CC4CC(CC(C4)C2)C3)nn(CCCCCCl)c1-c1ccccc1.[Na+]. The number of halogens is 2.